The second kappa shape index (κ2) is 9.71. The van der Waals surface area contributed by atoms with Crippen molar-refractivity contribution in [3.8, 4) is 12.3 Å². The van der Waals surface area contributed by atoms with Gasteiger partial charge in [-0.2, -0.15) is 0 Å². The first-order valence-electron chi connectivity index (χ1n) is 8.09. The Balaban J connectivity index is 0.00000261. The lowest BCUT2D eigenvalue weighted by Gasteiger charge is -2.35. The molecule has 1 fully saturated rings. The summed E-state index contributed by atoms with van der Waals surface area (Å²) in [5, 5.41) is 0.304. The van der Waals surface area contributed by atoms with Crippen LogP contribution in [0.1, 0.15) is 11.6 Å². The van der Waals surface area contributed by atoms with Crippen molar-refractivity contribution in [3.63, 3.8) is 0 Å². The van der Waals surface area contributed by atoms with Crippen molar-refractivity contribution >= 4 is 47.5 Å². The van der Waals surface area contributed by atoms with Gasteiger partial charge < -0.3 is 15.5 Å². The number of guanidine groups is 1. The second-order valence-corrected chi connectivity index (χ2v) is 6.18. The van der Waals surface area contributed by atoms with Gasteiger partial charge in [-0.3, -0.25) is 0 Å². The Labute approximate surface area is 179 Å². The smallest absolute Gasteiger partial charge is 0.225 e. The molecule has 2 heterocycles. The Kier molecular flexibility index (Phi) is 7.62. The molecule has 1 aliphatic rings. The molecule has 6 nitrogen and oxygen atoms in total. The third kappa shape index (κ3) is 5.20. The van der Waals surface area contributed by atoms with Gasteiger partial charge in [-0.1, -0.05) is 23.6 Å². The first kappa shape index (κ1) is 21.2. The van der Waals surface area contributed by atoms with Crippen molar-refractivity contribution in [1.82, 2.24) is 14.9 Å². The van der Waals surface area contributed by atoms with E-state index in [1.807, 2.05) is 4.90 Å². The van der Waals surface area contributed by atoms with Gasteiger partial charge in [0.05, 0.1) is 0 Å². The summed E-state index contributed by atoms with van der Waals surface area (Å²) in [6, 6.07) is 5.30. The summed E-state index contributed by atoms with van der Waals surface area (Å²) in [5.41, 5.74) is 6.38. The van der Waals surface area contributed by atoms with E-state index in [-0.39, 0.29) is 35.5 Å². The lowest BCUT2D eigenvalue weighted by molar-refractivity contribution is 0.377. The average Bonchev–Trinajstić information content (AvgIpc) is 2.67. The summed E-state index contributed by atoms with van der Waals surface area (Å²) < 4.78 is 14.1. The monoisotopic (exact) mass is 500 g/mol. The van der Waals surface area contributed by atoms with Crippen LogP contribution in [0.2, 0.25) is 5.02 Å². The number of rotatable bonds is 3. The fraction of sp³-hybridized carbons (Fsp3) is 0.278. The van der Waals surface area contributed by atoms with Crippen LogP contribution in [0.4, 0.5) is 10.3 Å². The highest BCUT2D eigenvalue weighted by Gasteiger charge is 2.21. The van der Waals surface area contributed by atoms with Gasteiger partial charge in [0.15, 0.2) is 5.96 Å². The number of hydrogen-bond donors (Lipinski definition) is 1. The maximum atomic E-state index is 14.1. The molecule has 1 aliphatic heterocycles. The predicted molar refractivity (Wildman–Crippen MR) is 116 cm³/mol. The lowest BCUT2D eigenvalue weighted by atomic mass is 10.1. The van der Waals surface area contributed by atoms with E-state index in [1.54, 1.807) is 24.5 Å². The highest BCUT2D eigenvalue weighted by molar-refractivity contribution is 14.0. The third-order valence-electron chi connectivity index (χ3n) is 4.11. The maximum Gasteiger partial charge on any atom is 0.225 e. The largest absolute Gasteiger partial charge is 0.370 e. The summed E-state index contributed by atoms with van der Waals surface area (Å²) in [7, 11) is 0. The number of nitrogens with zero attached hydrogens (tertiary/aromatic N) is 5. The Morgan fingerprint density at radius 3 is 2.52 bits per heavy atom. The third-order valence-corrected chi connectivity index (χ3v) is 4.35. The molecule has 0 saturated carbocycles. The molecule has 3 rings (SSSR count). The SMILES string of the molecule is C#CC(N=C(N)N1CCN(c2ncccn2)CC1)c1ccc(Cl)cc1F.I. The van der Waals surface area contributed by atoms with Crippen molar-refractivity contribution in [1.29, 1.82) is 0 Å². The number of benzene rings is 1. The van der Waals surface area contributed by atoms with E-state index in [0.717, 1.165) is 0 Å². The number of aromatic nitrogens is 2. The molecule has 9 heteroatoms. The maximum absolute atomic E-state index is 14.1. The molecule has 1 saturated heterocycles. The van der Waals surface area contributed by atoms with Crippen LogP contribution in [0.3, 0.4) is 0 Å². The molecule has 142 valence electrons. The molecule has 2 aromatic rings. The Morgan fingerprint density at radius 1 is 1.26 bits per heavy atom. The van der Waals surface area contributed by atoms with Crippen LogP contribution >= 0.6 is 35.6 Å². The second-order valence-electron chi connectivity index (χ2n) is 5.75. The van der Waals surface area contributed by atoms with Crippen LogP contribution in [0.25, 0.3) is 0 Å². The molecular formula is C18H19ClFIN6. The molecule has 2 N–H and O–H groups in total. The van der Waals surface area contributed by atoms with Crippen LogP contribution in [-0.4, -0.2) is 47.0 Å². The molecule has 1 unspecified atom stereocenters. The number of hydrogen-bond acceptors (Lipinski definition) is 4. The minimum absolute atomic E-state index is 0. The fourth-order valence-corrected chi connectivity index (χ4v) is 2.88. The van der Waals surface area contributed by atoms with Crippen LogP contribution in [-0.2, 0) is 0 Å². The molecule has 0 aliphatic carbocycles. The van der Waals surface area contributed by atoms with Crippen molar-refractivity contribution in [3.05, 3.63) is 53.1 Å². The molecule has 1 atom stereocenters. The van der Waals surface area contributed by atoms with E-state index < -0.39 is 11.9 Å². The van der Waals surface area contributed by atoms with Crippen molar-refractivity contribution in [2.24, 2.45) is 10.7 Å². The van der Waals surface area contributed by atoms with Gasteiger partial charge in [0.1, 0.15) is 11.9 Å². The molecule has 0 radical (unpaired) electrons. The predicted octanol–water partition coefficient (Wildman–Crippen LogP) is 2.70. The zero-order valence-corrected chi connectivity index (χ0v) is 17.5. The Hall–Kier alpha value is -2.12. The van der Waals surface area contributed by atoms with Crippen molar-refractivity contribution in [2.75, 3.05) is 31.1 Å². The first-order chi connectivity index (χ1) is 12.6. The van der Waals surface area contributed by atoms with Gasteiger partial charge in [-0.05, 0) is 18.2 Å². The van der Waals surface area contributed by atoms with Crippen LogP contribution in [0.5, 0.6) is 0 Å². The number of nitrogens with two attached hydrogens (primary N) is 1. The van der Waals surface area contributed by atoms with Crippen LogP contribution in [0.15, 0.2) is 41.7 Å². The molecule has 1 aromatic carbocycles. The fourth-order valence-electron chi connectivity index (χ4n) is 2.72. The summed E-state index contributed by atoms with van der Waals surface area (Å²) in [6.07, 6.45) is 8.95. The highest BCUT2D eigenvalue weighted by atomic mass is 127. The normalized spacial score (nSPS) is 15.7. The van der Waals surface area contributed by atoms with Gasteiger partial charge in [0, 0.05) is 49.2 Å². The standard InChI is InChI=1S/C18H18ClFN6.HI/c1-2-16(14-5-4-13(19)12-15(14)20)24-17(21)25-8-10-26(11-9-25)18-22-6-3-7-23-18;/h1,3-7,12,16H,8-11H2,(H2,21,24);1H. The van der Waals surface area contributed by atoms with Gasteiger partial charge in [0.25, 0.3) is 0 Å². The first-order valence-corrected chi connectivity index (χ1v) is 8.47. The van der Waals surface area contributed by atoms with E-state index in [0.29, 0.717) is 37.1 Å². The zero-order chi connectivity index (χ0) is 18.5. The Morgan fingerprint density at radius 2 is 1.93 bits per heavy atom. The van der Waals surface area contributed by atoms with E-state index in [2.05, 4.69) is 25.8 Å². The zero-order valence-electron chi connectivity index (χ0n) is 14.4. The number of aliphatic imine (C=N–C) groups is 1. The summed E-state index contributed by atoms with van der Waals surface area (Å²) in [6.45, 7) is 2.70. The highest BCUT2D eigenvalue weighted by Crippen LogP contribution is 2.23. The van der Waals surface area contributed by atoms with Crippen LogP contribution < -0.4 is 10.6 Å². The number of terminal acetylenes is 1. The number of halogens is 3. The molecular weight excluding hydrogens is 482 g/mol. The molecule has 1 aromatic heterocycles. The van der Waals surface area contributed by atoms with Gasteiger partial charge in [-0.25, -0.2) is 19.4 Å². The van der Waals surface area contributed by atoms with E-state index in [9.17, 15) is 4.39 Å². The molecule has 0 spiro atoms. The van der Waals surface area contributed by atoms with Gasteiger partial charge >= 0.3 is 0 Å². The van der Waals surface area contributed by atoms with Gasteiger partial charge in [0.2, 0.25) is 5.95 Å². The minimum Gasteiger partial charge on any atom is -0.370 e. The van der Waals surface area contributed by atoms with Crippen molar-refractivity contribution < 1.29 is 4.39 Å². The molecule has 0 amide bonds. The Bertz CT molecular complexity index is 833. The lowest BCUT2D eigenvalue weighted by Crippen LogP contribution is -2.51. The molecule has 0 bridgehead atoms. The molecule has 27 heavy (non-hydrogen) atoms. The summed E-state index contributed by atoms with van der Waals surface area (Å²) in [5.74, 6) is 2.95. The van der Waals surface area contributed by atoms with Crippen LogP contribution in [0, 0.1) is 18.2 Å². The van der Waals surface area contributed by atoms with E-state index >= 15 is 0 Å². The van der Waals surface area contributed by atoms with E-state index in [4.69, 9.17) is 23.8 Å². The van der Waals surface area contributed by atoms with E-state index in [1.165, 1.54) is 12.1 Å². The van der Waals surface area contributed by atoms with Crippen molar-refractivity contribution in [2.45, 2.75) is 6.04 Å². The average molecular weight is 501 g/mol. The van der Waals surface area contributed by atoms with Gasteiger partial charge in [-0.15, -0.1) is 30.4 Å². The topological polar surface area (TPSA) is 70.6 Å². The minimum atomic E-state index is -0.803. The quantitative estimate of drug-likeness (QED) is 0.304. The number of piperazine rings is 1. The summed E-state index contributed by atoms with van der Waals surface area (Å²) >= 11 is 5.78. The number of anilines is 1. The summed E-state index contributed by atoms with van der Waals surface area (Å²) in [4.78, 5) is 16.8.